The van der Waals surface area contributed by atoms with Crippen LogP contribution in [0.15, 0.2) is 42.5 Å². The summed E-state index contributed by atoms with van der Waals surface area (Å²) in [6.07, 6.45) is 7.37. The molecule has 1 aromatic heterocycles. The Hall–Kier alpha value is -3.19. The number of hydrogen-bond acceptors (Lipinski definition) is 5. The Kier molecular flexibility index (Phi) is 6.02. The Morgan fingerprint density at radius 3 is 2.31 bits per heavy atom. The summed E-state index contributed by atoms with van der Waals surface area (Å²) in [5.74, 6) is 1.45. The quantitative estimate of drug-likeness (QED) is 0.507. The number of nitrogens with zero attached hydrogens (tertiary/aromatic N) is 2. The lowest BCUT2D eigenvalue weighted by atomic mass is 9.92. The predicted octanol–water partition coefficient (Wildman–Crippen LogP) is 5.77. The molecule has 1 saturated carbocycles. The molecule has 184 valence electrons. The number of benzene rings is 2. The van der Waals surface area contributed by atoms with Crippen molar-refractivity contribution >= 4 is 22.7 Å². The molecule has 1 amide bonds. The van der Waals surface area contributed by atoms with Gasteiger partial charge in [0, 0.05) is 49.0 Å². The second-order valence-corrected chi connectivity index (χ2v) is 9.91. The monoisotopic (exact) mass is 475 g/mol. The van der Waals surface area contributed by atoms with Gasteiger partial charge in [-0.25, -0.2) is 4.79 Å². The zero-order chi connectivity index (χ0) is 23.8. The number of fused-ring (bicyclic) bond motifs is 1. The van der Waals surface area contributed by atoms with Crippen molar-refractivity contribution in [2.45, 2.75) is 57.1 Å². The third-order valence-corrected chi connectivity index (χ3v) is 7.62. The highest BCUT2D eigenvalue weighted by Crippen LogP contribution is 2.45. The topological polar surface area (TPSA) is 79.0 Å². The second-order valence-electron chi connectivity index (χ2n) is 9.91. The molecule has 1 aliphatic carbocycles. The lowest BCUT2D eigenvalue weighted by Gasteiger charge is -2.30. The number of likely N-dealkylation sites (tertiary alicyclic amines) is 1. The Morgan fingerprint density at radius 2 is 1.63 bits per heavy atom. The maximum absolute atomic E-state index is 12.4. The maximum Gasteiger partial charge on any atom is 0.415 e. The third-order valence-electron chi connectivity index (χ3n) is 7.62. The van der Waals surface area contributed by atoms with Gasteiger partial charge >= 0.3 is 6.09 Å². The molecule has 3 aromatic rings. The first-order valence-corrected chi connectivity index (χ1v) is 12.9. The Morgan fingerprint density at radius 1 is 0.914 bits per heavy atom. The highest BCUT2D eigenvalue weighted by atomic mass is 16.6. The Balaban J connectivity index is 1.31. The number of amides is 1. The molecule has 3 aliphatic rings. The van der Waals surface area contributed by atoms with Gasteiger partial charge in [-0.05, 0) is 68.5 Å². The van der Waals surface area contributed by atoms with Crippen molar-refractivity contribution in [1.82, 2.24) is 9.47 Å². The van der Waals surface area contributed by atoms with Gasteiger partial charge in [0.25, 0.3) is 0 Å². The first-order chi connectivity index (χ1) is 17.2. The van der Waals surface area contributed by atoms with Crippen LogP contribution < -0.4 is 15.2 Å². The van der Waals surface area contributed by atoms with Crippen LogP contribution in [0.2, 0.25) is 0 Å². The molecular weight excluding hydrogens is 442 g/mol. The number of carbonyl (C=O) groups excluding carboxylic acids is 1. The molecule has 0 spiro atoms. The van der Waals surface area contributed by atoms with Gasteiger partial charge in [-0.3, -0.25) is 0 Å². The van der Waals surface area contributed by atoms with E-state index in [2.05, 4.69) is 16.7 Å². The van der Waals surface area contributed by atoms with Crippen molar-refractivity contribution in [2.75, 3.05) is 32.0 Å². The highest BCUT2D eigenvalue weighted by molar-refractivity contribution is 6.01. The fraction of sp³-hybridized carbons (Fsp3) is 0.464. The molecule has 6 rings (SSSR count). The van der Waals surface area contributed by atoms with Crippen LogP contribution in [-0.2, 0) is 4.74 Å². The number of nitrogens with two attached hydrogens (primary N) is 1. The molecule has 7 heteroatoms. The summed E-state index contributed by atoms with van der Waals surface area (Å²) >= 11 is 0. The lowest BCUT2D eigenvalue weighted by Crippen LogP contribution is -2.30. The van der Waals surface area contributed by atoms with Crippen molar-refractivity contribution in [2.24, 2.45) is 0 Å². The molecule has 2 aliphatic heterocycles. The summed E-state index contributed by atoms with van der Waals surface area (Å²) in [5.41, 5.74) is 10.7. The average Bonchev–Trinajstić information content (AvgIpc) is 3.47. The van der Waals surface area contributed by atoms with Gasteiger partial charge in [0.2, 0.25) is 0 Å². The largest absolute Gasteiger partial charge is 0.490 e. The van der Waals surface area contributed by atoms with Crippen molar-refractivity contribution in [3.8, 4) is 22.8 Å². The van der Waals surface area contributed by atoms with Crippen LogP contribution in [0.25, 0.3) is 22.2 Å². The fourth-order valence-corrected chi connectivity index (χ4v) is 5.44. The second kappa shape index (κ2) is 9.46. The van der Waals surface area contributed by atoms with Crippen LogP contribution >= 0.6 is 0 Å². The molecule has 0 unspecified atom stereocenters. The van der Waals surface area contributed by atoms with Gasteiger partial charge in [-0.2, -0.15) is 0 Å². The first-order valence-electron chi connectivity index (χ1n) is 12.9. The molecule has 3 heterocycles. The van der Waals surface area contributed by atoms with E-state index in [0.717, 1.165) is 98.4 Å². The van der Waals surface area contributed by atoms with Crippen LogP contribution in [0.5, 0.6) is 11.5 Å². The Labute approximate surface area is 205 Å². The maximum atomic E-state index is 12.4. The van der Waals surface area contributed by atoms with Crippen molar-refractivity contribution < 1.29 is 19.0 Å². The van der Waals surface area contributed by atoms with E-state index in [1.807, 2.05) is 30.3 Å². The first kappa shape index (κ1) is 22.3. The van der Waals surface area contributed by atoms with Crippen molar-refractivity contribution in [3.05, 3.63) is 42.5 Å². The van der Waals surface area contributed by atoms with E-state index in [4.69, 9.17) is 19.9 Å². The average molecular weight is 476 g/mol. The van der Waals surface area contributed by atoms with Gasteiger partial charge in [0.15, 0.2) is 0 Å². The van der Waals surface area contributed by atoms with Crippen LogP contribution in [0.3, 0.4) is 0 Å². The zero-order valence-corrected chi connectivity index (χ0v) is 20.1. The number of anilines is 1. The molecule has 2 aromatic carbocycles. The van der Waals surface area contributed by atoms with E-state index in [1.165, 1.54) is 6.42 Å². The number of hydrogen-bond donors (Lipinski definition) is 1. The van der Waals surface area contributed by atoms with Crippen molar-refractivity contribution in [3.63, 3.8) is 0 Å². The summed E-state index contributed by atoms with van der Waals surface area (Å²) in [6, 6.07) is 14.4. The van der Waals surface area contributed by atoms with Gasteiger partial charge in [0.1, 0.15) is 17.6 Å². The summed E-state index contributed by atoms with van der Waals surface area (Å²) in [5, 5.41) is 1.05. The summed E-state index contributed by atoms with van der Waals surface area (Å²) in [4.78, 5) is 14.1. The van der Waals surface area contributed by atoms with Gasteiger partial charge in [0.05, 0.1) is 30.1 Å². The Bertz CT molecular complexity index is 1200. The van der Waals surface area contributed by atoms with Crippen LogP contribution in [0, 0.1) is 0 Å². The van der Waals surface area contributed by atoms with Crippen LogP contribution in [0.4, 0.5) is 10.5 Å². The standard InChI is InChI=1S/C28H33N3O4/c29-26-24-11-10-23(34-22-12-16-33-17-13-22)18-25(24)31(20-4-3-5-20)27(26)19-6-8-21(9-7-19)35-28(32)30-14-1-2-15-30/h6-11,18,20,22H,1-5,12-17,29H2. The lowest BCUT2D eigenvalue weighted by molar-refractivity contribution is 0.0256. The normalized spacial score (nSPS) is 19.1. The molecule has 2 N–H and O–H groups in total. The number of carbonyl (C=O) groups is 1. The van der Waals surface area contributed by atoms with Crippen LogP contribution in [0.1, 0.15) is 51.0 Å². The predicted molar refractivity (Wildman–Crippen MR) is 136 cm³/mol. The molecule has 7 nitrogen and oxygen atoms in total. The number of nitrogen functional groups attached to an aromatic ring is 1. The van der Waals surface area contributed by atoms with E-state index in [9.17, 15) is 4.79 Å². The van der Waals surface area contributed by atoms with Gasteiger partial charge in [-0.15, -0.1) is 0 Å². The van der Waals surface area contributed by atoms with E-state index in [1.54, 1.807) is 4.90 Å². The molecule has 0 radical (unpaired) electrons. The van der Waals surface area contributed by atoms with Gasteiger partial charge in [-0.1, -0.05) is 0 Å². The summed E-state index contributed by atoms with van der Waals surface area (Å²) in [7, 11) is 0. The summed E-state index contributed by atoms with van der Waals surface area (Å²) in [6.45, 7) is 3.06. The minimum absolute atomic E-state index is 0.195. The molecule has 0 atom stereocenters. The fourth-order valence-electron chi connectivity index (χ4n) is 5.44. The number of rotatable bonds is 5. The molecule has 35 heavy (non-hydrogen) atoms. The zero-order valence-electron chi connectivity index (χ0n) is 20.1. The van der Waals surface area contributed by atoms with E-state index < -0.39 is 0 Å². The number of aromatic nitrogens is 1. The molecule has 3 fully saturated rings. The van der Waals surface area contributed by atoms with E-state index in [0.29, 0.717) is 11.8 Å². The number of ether oxygens (including phenoxy) is 3. The highest BCUT2D eigenvalue weighted by Gasteiger charge is 2.28. The minimum Gasteiger partial charge on any atom is -0.490 e. The molecule has 0 bridgehead atoms. The smallest absolute Gasteiger partial charge is 0.415 e. The SMILES string of the molecule is Nc1c(-c2ccc(OC(=O)N3CCCC3)cc2)n(C2CCC2)c2cc(OC3CCOCC3)ccc12. The molecular formula is C28H33N3O4. The molecule has 2 saturated heterocycles. The van der Waals surface area contributed by atoms with Crippen LogP contribution in [-0.4, -0.2) is 48.0 Å². The third kappa shape index (κ3) is 4.33. The van der Waals surface area contributed by atoms with E-state index in [-0.39, 0.29) is 12.2 Å². The van der Waals surface area contributed by atoms with Gasteiger partial charge < -0.3 is 29.4 Å². The minimum atomic E-state index is -0.268. The van der Waals surface area contributed by atoms with Crippen molar-refractivity contribution in [1.29, 1.82) is 0 Å². The van der Waals surface area contributed by atoms with E-state index >= 15 is 0 Å². The summed E-state index contributed by atoms with van der Waals surface area (Å²) < 4.78 is 19.8.